The van der Waals surface area contributed by atoms with Crippen molar-refractivity contribution in [2.24, 2.45) is 5.73 Å². The lowest BCUT2D eigenvalue weighted by atomic mass is 10.0. The Bertz CT molecular complexity index is 1200. The van der Waals surface area contributed by atoms with E-state index in [1.54, 1.807) is 24.4 Å². The first kappa shape index (κ1) is 22.5. The van der Waals surface area contributed by atoms with Crippen molar-refractivity contribution in [2.45, 2.75) is 37.3 Å². The molecule has 1 saturated heterocycles. The molecule has 1 aliphatic heterocycles. The van der Waals surface area contributed by atoms with E-state index in [0.717, 1.165) is 17.6 Å². The van der Waals surface area contributed by atoms with E-state index in [9.17, 15) is 22.4 Å². The van der Waals surface area contributed by atoms with Crippen LogP contribution in [-0.2, 0) is 17.4 Å². The molecule has 33 heavy (non-hydrogen) atoms. The molecule has 2 aromatic heterocycles. The summed E-state index contributed by atoms with van der Waals surface area (Å²) in [6.45, 7) is -0.156. The zero-order valence-electron chi connectivity index (χ0n) is 17.1. The number of alkyl halides is 4. The molecule has 3 atom stereocenters. The number of ether oxygens (including phenoxy) is 1. The van der Waals surface area contributed by atoms with Gasteiger partial charge in [0.25, 0.3) is 0 Å². The van der Waals surface area contributed by atoms with E-state index < -0.39 is 35.9 Å². The van der Waals surface area contributed by atoms with Crippen molar-refractivity contribution in [3.05, 3.63) is 53.9 Å². The predicted octanol–water partition coefficient (Wildman–Crippen LogP) is 3.71. The first-order chi connectivity index (χ1) is 15.7. The van der Waals surface area contributed by atoms with E-state index in [2.05, 4.69) is 9.97 Å². The zero-order valence-corrected chi connectivity index (χ0v) is 17.1. The molecule has 3 N–H and O–H groups in total. The molecule has 1 amide bonds. The van der Waals surface area contributed by atoms with Gasteiger partial charge in [0.1, 0.15) is 18.0 Å². The minimum Gasteiger partial charge on any atom is -0.439 e. The molecular weight excluding hydrogens is 442 g/mol. The molecule has 0 aliphatic carbocycles. The Labute approximate surface area is 185 Å². The van der Waals surface area contributed by atoms with Crippen LogP contribution in [0.1, 0.15) is 17.5 Å². The van der Waals surface area contributed by atoms with E-state index in [1.165, 1.54) is 4.90 Å². The van der Waals surface area contributed by atoms with Crippen LogP contribution in [0.4, 0.5) is 17.6 Å². The lowest BCUT2D eigenvalue weighted by Gasteiger charge is -2.23. The minimum atomic E-state index is -4.49. The fourth-order valence-corrected chi connectivity index (χ4v) is 3.81. The van der Waals surface area contributed by atoms with Crippen LogP contribution in [0, 0.1) is 11.3 Å². The largest absolute Gasteiger partial charge is 0.439 e. The van der Waals surface area contributed by atoms with Crippen molar-refractivity contribution in [3.8, 4) is 17.7 Å². The molecule has 0 spiro atoms. The van der Waals surface area contributed by atoms with E-state index in [-0.39, 0.29) is 25.3 Å². The van der Waals surface area contributed by atoms with Gasteiger partial charge in [0, 0.05) is 35.8 Å². The Morgan fingerprint density at radius 1 is 1.36 bits per heavy atom. The second-order valence-corrected chi connectivity index (χ2v) is 7.79. The lowest BCUT2D eigenvalue weighted by Crippen LogP contribution is -2.46. The van der Waals surface area contributed by atoms with Crippen LogP contribution in [0.25, 0.3) is 10.9 Å². The monoisotopic (exact) mass is 461 g/mol. The number of amides is 1. The van der Waals surface area contributed by atoms with Gasteiger partial charge in [0.05, 0.1) is 24.2 Å². The smallest absolute Gasteiger partial charge is 0.417 e. The molecule has 0 unspecified atom stereocenters. The van der Waals surface area contributed by atoms with Gasteiger partial charge in [-0.1, -0.05) is 0 Å². The predicted molar refractivity (Wildman–Crippen MR) is 110 cm³/mol. The number of nitriles is 1. The molecule has 1 aromatic carbocycles. The average molecular weight is 461 g/mol. The summed E-state index contributed by atoms with van der Waals surface area (Å²) in [5.41, 5.74) is 6.63. The number of rotatable bonds is 5. The van der Waals surface area contributed by atoms with Crippen LogP contribution in [0.15, 0.2) is 42.7 Å². The number of aromatic amines is 1. The summed E-state index contributed by atoms with van der Waals surface area (Å²) in [5, 5.41) is 9.86. The Balaban J connectivity index is 1.50. The molecule has 1 fully saturated rings. The van der Waals surface area contributed by atoms with Gasteiger partial charge in [-0.3, -0.25) is 4.79 Å². The average Bonchev–Trinajstić information content (AvgIpc) is 3.35. The third-order valence-corrected chi connectivity index (χ3v) is 5.46. The molecule has 7 nitrogen and oxygen atoms in total. The van der Waals surface area contributed by atoms with Crippen LogP contribution in [0.2, 0.25) is 0 Å². The summed E-state index contributed by atoms with van der Waals surface area (Å²) < 4.78 is 57.3. The Morgan fingerprint density at radius 3 is 2.82 bits per heavy atom. The maximum atomic E-state index is 13.7. The summed E-state index contributed by atoms with van der Waals surface area (Å²) in [6, 6.07) is 7.11. The van der Waals surface area contributed by atoms with Gasteiger partial charge in [-0.2, -0.15) is 18.4 Å². The standard InChI is InChI=1S/C22H19F4N5O2/c23-14-6-15(8-27)31(11-14)21(32)18(28)5-12-9-29-19-3-2-16(7-17(12)19)33-20-4-1-13(10-30-20)22(24,25)26/h1-4,7,9-10,14-15,18,29H,5-6,11,28H2/t14-,15-,18-/m0/s1. The highest BCUT2D eigenvalue weighted by Crippen LogP contribution is 2.31. The van der Waals surface area contributed by atoms with Crippen LogP contribution < -0.4 is 10.5 Å². The van der Waals surface area contributed by atoms with Crippen LogP contribution >= 0.6 is 0 Å². The van der Waals surface area contributed by atoms with E-state index >= 15 is 0 Å². The van der Waals surface area contributed by atoms with Gasteiger partial charge in [0.15, 0.2) is 0 Å². The summed E-state index contributed by atoms with van der Waals surface area (Å²) in [7, 11) is 0. The van der Waals surface area contributed by atoms with Gasteiger partial charge >= 0.3 is 6.18 Å². The lowest BCUT2D eigenvalue weighted by molar-refractivity contribution is -0.138. The topological polar surface area (TPSA) is 108 Å². The van der Waals surface area contributed by atoms with Gasteiger partial charge in [-0.25, -0.2) is 9.37 Å². The number of carbonyl (C=O) groups excluding carboxylic acids is 1. The molecule has 0 bridgehead atoms. The third-order valence-electron chi connectivity index (χ3n) is 5.46. The second kappa shape index (κ2) is 8.71. The Kier molecular flexibility index (Phi) is 5.95. The van der Waals surface area contributed by atoms with E-state index in [0.29, 0.717) is 22.9 Å². The summed E-state index contributed by atoms with van der Waals surface area (Å²) in [5.74, 6) is -0.180. The van der Waals surface area contributed by atoms with Gasteiger partial charge < -0.3 is 20.4 Å². The molecule has 172 valence electrons. The second-order valence-electron chi connectivity index (χ2n) is 7.79. The van der Waals surface area contributed by atoms with Crippen LogP contribution in [-0.4, -0.2) is 45.6 Å². The normalized spacial score (nSPS) is 19.5. The van der Waals surface area contributed by atoms with Gasteiger partial charge in [-0.05, 0) is 36.2 Å². The number of likely N-dealkylation sites (tertiary alicyclic amines) is 1. The van der Waals surface area contributed by atoms with Crippen LogP contribution in [0.3, 0.4) is 0 Å². The number of hydrogen-bond acceptors (Lipinski definition) is 5. The highest BCUT2D eigenvalue weighted by atomic mass is 19.4. The number of halogens is 4. The molecule has 4 rings (SSSR count). The number of aromatic nitrogens is 2. The zero-order chi connectivity index (χ0) is 23.8. The minimum absolute atomic E-state index is 0.0105. The summed E-state index contributed by atoms with van der Waals surface area (Å²) >= 11 is 0. The van der Waals surface area contributed by atoms with Crippen molar-refractivity contribution in [1.29, 1.82) is 5.26 Å². The van der Waals surface area contributed by atoms with Crippen molar-refractivity contribution in [3.63, 3.8) is 0 Å². The molecule has 1 aliphatic rings. The number of fused-ring (bicyclic) bond motifs is 1. The van der Waals surface area contributed by atoms with Crippen molar-refractivity contribution < 1.29 is 27.1 Å². The Morgan fingerprint density at radius 2 is 2.15 bits per heavy atom. The number of pyridine rings is 1. The Hall–Kier alpha value is -3.65. The van der Waals surface area contributed by atoms with Crippen molar-refractivity contribution in [1.82, 2.24) is 14.9 Å². The number of benzene rings is 1. The van der Waals surface area contributed by atoms with Gasteiger partial charge in [-0.15, -0.1) is 0 Å². The highest BCUT2D eigenvalue weighted by Gasteiger charge is 2.37. The van der Waals surface area contributed by atoms with E-state index in [1.807, 2.05) is 6.07 Å². The summed E-state index contributed by atoms with van der Waals surface area (Å²) in [4.78, 5) is 20.6. The molecule has 0 saturated carbocycles. The molecule has 11 heteroatoms. The molecule has 3 heterocycles. The number of nitrogens with two attached hydrogens (primary N) is 1. The first-order valence-electron chi connectivity index (χ1n) is 10.1. The summed E-state index contributed by atoms with van der Waals surface area (Å²) in [6.07, 6.45) is -3.27. The van der Waals surface area contributed by atoms with Crippen molar-refractivity contribution in [2.75, 3.05) is 6.54 Å². The first-order valence-corrected chi connectivity index (χ1v) is 10.1. The maximum Gasteiger partial charge on any atom is 0.417 e. The quantitative estimate of drug-likeness (QED) is 0.564. The number of nitrogens with one attached hydrogen (secondary N) is 1. The number of H-pyrrole nitrogens is 1. The van der Waals surface area contributed by atoms with E-state index in [4.69, 9.17) is 15.7 Å². The molecule has 3 aromatic rings. The SMILES string of the molecule is N#C[C@@H]1C[C@H](F)CN1C(=O)[C@@H](N)Cc1c[nH]c2ccc(Oc3ccc(C(F)(F)F)cn3)cc12. The highest BCUT2D eigenvalue weighted by molar-refractivity contribution is 5.87. The molecular formula is C22H19F4N5O2. The fourth-order valence-electron chi connectivity index (χ4n) is 3.81. The fraction of sp³-hybridized carbons (Fsp3) is 0.318. The number of nitrogens with zero attached hydrogens (tertiary/aromatic N) is 3. The number of carbonyl (C=O) groups is 1. The van der Waals surface area contributed by atoms with Gasteiger partial charge in [0.2, 0.25) is 11.8 Å². The maximum absolute atomic E-state index is 13.7. The number of hydrogen-bond donors (Lipinski definition) is 2. The molecule has 0 radical (unpaired) electrons. The third kappa shape index (κ3) is 4.75. The van der Waals surface area contributed by atoms with Crippen molar-refractivity contribution >= 4 is 16.8 Å². The van der Waals surface area contributed by atoms with Crippen LogP contribution in [0.5, 0.6) is 11.6 Å².